The number of amides is 1. The van der Waals surface area contributed by atoms with E-state index in [1.807, 2.05) is 19.9 Å². The fourth-order valence-corrected chi connectivity index (χ4v) is 2.82. The largest absolute Gasteiger partial charge is 0.388 e. The maximum absolute atomic E-state index is 12.3. The third kappa shape index (κ3) is 3.40. The molecule has 1 unspecified atom stereocenters. The highest BCUT2D eigenvalue weighted by molar-refractivity contribution is 5.79. The second kappa shape index (κ2) is 6.40. The number of rotatable bonds is 5. The van der Waals surface area contributed by atoms with Gasteiger partial charge < -0.3 is 10.4 Å². The first-order valence-corrected chi connectivity index (χ1v) is 7.65. The molecule has 3 nitrogen and oxygen atoms in total. The molecule has 0 aromatic heterocycles. The quantitative estimate of drug-likeness (QED) is 0.867. The number of aliphatic hydroxyl groups is 1. The maximum atomic E-state index is 12.3. The molecule has 2 rings (SSSR count). The zero-order valence-electron chi connectivity index (χ0n) is 12.5. The van der Waals surface area contributed by atoms with Crippen LogP contribution >= 0.6 is 0 Å². The van der Waals surface area contributed by atoms with Crippen LogP contribution in [-0.2, 0) is 17.6 Å². The second-order valence-corrected chi connectivity index (χ2v) is 5.86. The van der Waals surface area contributed by atoms with Gasteiger partial charge in [-0.25, -0.2) is 0 Å². The van der Waals surface area contributed by atoms with Gasteiger partial charge in [-0.1, -0.05) is 38.1 Å². The van der Waals surface area contributed by atoms with E-state index in [1.54, 1.807) is 0 Å². The fraction of sp³-hybridized carbons (Fsp3) is 0.588. The van der Waals surface area contributed by atoms with E-state index >= 15 is 0 Å². The number of carbonyl (C=O) groups is 1. The van der Waals surface area contributed by atoms with Crippen LogP contribution in [0.2, 0.25) is 0 Å². The smallest absolute Gasteiger partial charge is 0.223 e. The van der Waals surface area contributed by atoms with Gasteiger partial charge in [-0.2, -0.15) is 0 Å². The van der Waals surface area contributed by atoms with Crippen molar-refractivity contribution in [1.82, 2.24) is 5.32 Å². The van der Waals surface area contributed by atoms with Crippen molar-refractivity contribution in [2.45, 2.75) is 51.6 Å². The first-order chi connectivity index (χ1) is 9.58. The third-order valence-electron chi connectivity index (χ3n) is 4.63. The summed E-state index contributed by atoms with van der Waals surface area (Å²) in [5.74, 6) is 0.127. The highest BCUT2D eigenvalue weighted by atomic mass is 16.3. The monoisotopic (exact) mass is 275 g/mol. The molecule has 20 heavy (non-hydrogen) atoms. The Labute approximate surface area is 121 Å². The van der Waals surface area contributed by atoms with Gasteiger partial charge in [0.05, 0.1) is 5.60 Å². The number of hydrogen-bond acceptors (Lipinski definition) is 2. The minimum Gasteiger partial charge on any atom is -0.388 e. The Morgan fingerprint density at radius 1 is 1.30 bits per heavy atom. The average molecular weight is 275 g/mol. The highest BCUT2D eigenvalue weighted by Crippen LogP contribution is 2.25. The molecule has 0 saturated carbocycles. The van der Waals surface area contributed by atoms with Crippen molar-refractivity contribution in [3.05, 3.63) is 35.4 Å². The van der Waals surface area contributed by atoms with Gasteiger partial charge in [0.25, 0.3) is 0 Å². The Hall–Kier alpha value is -1.35. The van der Waals surface area contributed by atoms with Gasteiger partial charge in [-0.15, -0.1) is 0 Å². The molecule has 2 N–H and O–H groups in total. The molecule has 1 aliphatic rings. The Bertz CT molecular complexity index is 466. The number of hydrogen-bond donors (Lipinski definition) is 2. The van der Waals surface area contributed by atoms with Crippen LogP contribution in [0.1, 0.15) is 44.2 Å². The van der Waals surface area contributed by atoms with Crippen molar-refractivity contribution in [3.8, 4) is 0 Å². The van der Waals surface area contributed by atoms with Crippen molar-refractivity contribution in [1.29, 1.82) is 0 Å². The Morgan fingerprint density at radius 2 is 1.95 bits per heavy atom. The lowest BCUT2D eigenvalue weighted by Gasteiger charge is -2.28. The lowest BCUT2D eigenvalue weighted by molar-refractivity contribution is -0.126. The van der Waals surface area contributed by atoms with E-state index in [-0.39, 0.29) is 11.8 Å². The molecule has 0 aliphatic heterocycles. The summed E-state index contributed by atoms with van der Waals surface area (Å²) >= 11 is 0. The molecule has 1 aliphatic carbocycles. The van der Waals surface area contributed by atoms with Crippen LogP contribution in [0.15, 0.2) is 24.3 Å². The van der Waals surface area contributed by atoms with Crippen LogP contribution in [0.3, 0.4) is 0 Å². The zero-order valence-corrected chi connectivity index (χ0v) is 12.5. The third-order valence-corrected chi connectivity index (χ3v) is 4.63. The predicted molar refractivity (Wildman–Crippen MR) is 80.5 cm³/mol. The minimum atomic E-state index is -0.762. The van der Waals surface area contributed by atoms with E-state index in [1.165, 1.54) is 11.1 Å². The highest BCUT2D eigenvalue weighted by Gasteiger charge is 2.27. The van der Waals surface area contributed by atoms with E-state index < -0.39 is 5.60 Å². The van der Waals surface area contributed by atoms with Crippen LogP contribution in [0.4, 0.5) is 0 Å². The van der Waals surface area contributed by atoms with E-state index in [0.29, 0.717) is 19.4 Å². The summed E-state index contributed by atoms with van der Waals surface area (Å²) in [6.45, 7) is 4.26. The van der Waals surface area contributed by atoms with Gasteiger partial charge in [0, 0.05) is 12.5 Å². The first kappa shape index (κ1) is 15.0. The van der Waals surface area contributed by atoms with Gasteiger partial charge in [0.15, 0.2) is 0 Å². The number of fused-ring (bicyclic) bond motifs is 1. The van der Waals surface area contributed by atoms with Gasteiger partial charge in [0.1, 0.15) is 0 Å². The van der Waals surface area contributed by atoms with E-state index in [4.69, 9.17) is 0 Å². The Kier molecular flexibility index (Phi) is 4.81. The van der Waals surface area contributed by atoms with Gasteiger partial charge in [-0.05, 0) is 43.2 Å². The van der Waals surface area contributed by atoms with Gasteiger partial charge in [-0.3, -0.25) is 4.79 Å². The van der Waals surface area contributed by atoms with E-state index in [2.05, 4.69) is 23.5 Å². The van der Waals surface area contributed by atoms with Crippen LogP contribution in [0, 0.1) is 5.92 Å². The molecule has 1 aromatic carbocycles. The molecule has 3 heteroatoms. The standard InChI is InChI=1S/C17H25NO2/c1-3-17(20,4-2)12-18-16(19)15-10-9-13-7-5-6-8-14(13)11-15/h5-8,15,20H,3-4,9-12H2,1-2H3,(H,18,19). The summed E-state index contributed by atoms with van der Waals surface area (Å²) < 4.78 is 0. The van der Waals surface area contributed by atoms with Crippen LogP contribution in [-0.4, -0.2) is 23.2 Å². The summed E-state index contributed by atoms with van der Waals surface area (Å²) in [6.07, 6.45) is 4.02. The zero-order chi connectivity index (χ0) is 14.6. The molecule has 0 heterocycles. The van der Waals surface area contributed by atoms with Crippen molar-refractivity contribution >= 4 is 5.91 Å². The lowest BCUT2D eigenvalue weighted by atomic mass is 9.83. The second-order valence-electron chi connectivity index (χ2n) is 5.86. The van der Waals surface area contributed by atoms with Crippen molar-refractivity contribution < 1.29 is 9.90 Å². The Balaban J connectivity index is 1.92. The summed E-state index contributed by atoms with van der Waals surface area (Å²) in [5.41, 5.74) is 1.90. The molecule has 0 spiro atoms. The van der Waals surface area contributed by atoms with Crippen LogP contribution < -0.4 is 5.32 Å². The van der Waals surface area contributed by atoms with E-state index in [9.17, 15) is 9.90 Å². The van der Waals surface area contributed by atoms with Gasteiger partial charge >= 0.3 is 0 Å². The summed E-state index contributed by atoms with van der Waals surface area (Å²) in [4.78, 5) is 12.3. The fourth-order valence-electron chi connectivity index (χ4n) is 2.82. The number of benzene rings is 1. The van der Waals surface area contributed by atoms with Crippen molar-refractivity contribution in [2.75, 3.05) is 6.54 Å². The van der Waals surface area contributed by atoms with Crippen molar-refractivity contribution in [3.63, 3.8) is 0 Å². The molecular formula is C17H25NO2. The topological polar surface area (TPSA) is 49.3 Å². The molecule has 1 amide bonds. The van der Waals surface area contributed by atoms with E-state index in [0.717, 1.165) is 19.3 Å². The Morgan fingerprint density at radius 3 is 2.60 bits per heavy atom. The average Bonchev–Trinajstić information content (AvgIpc) is 2.51. The lowest BCUT2D eigenvalue weighted by Crippen LogP contribution is -2.44. The summed E-state index contributed by atoms with van der Waals surface area (Å²) in [5, 5.41) is 13.2. The normalized spacial score (nSPS) is 18.4. The van der Waals surface area contributed by atoms with Crippen molar-refractivity contribution in [2.24, 2.45) is 5.92 Å². The molecule has 0 radical (unpaired) electrons. The number of aryl methyl sites for hydroxylation is 1. The SMILES string of the molecule is CCC(O)(CC)CNC(=O)C1CCc2ccccc2C1. The summed E-state index contributed by atoms with van der Waals surface area (Å²) in [7, 11) is 0. The molecule has 1 atom stereocenters. The molecule has 0 fully saturated rings. The molecule has 1 aromatic rings. The molecular weight excluding hydrogens is 250 g/mol. The van der Waals surface area contributed by atoms with Crippen LogP contribution in [0.5, 0.6) is 0 Å². The molecule has 110 valence electrons. The first-order valence-electron chi connectivity index (χ1n) is 7.65. The number of nitrogens with one attached hydrogen (secondary N) is 1. The van der Waals surface area contributed by atoms with Gasteiger partial charge in [0.2, 0.25) is 5.91 Å². The molecule has 0 bridgehead atoms. The minimum absolute atomic E-state index is 0.0443. The number of carbonyl (C=O) groups excluding carboxylic acids is 1. The van der Waals surface area contributed by atoms with Crippen LogP contribution in [0.25, 0.3) is 0 Å². The maximum Gasteiger partial charge on any atom is 0.223 e. The summed E-state index contributed by atoms with van der Waals surface area (Å²) in [6, 6.07) is 8.35. The predicted octanol–water partition coefficient (Wildman–Crippen LogP) is 2.46. The molecule has 0 saturated heterocycles.